The Morgan fingerprint density at radius 1 is 1.04 bits per heavy atom. The van der Waals surface area contributed by atoms with Gasteiger partial charge >= 0.3 is 12.2 Å². The predicted molar refractivity (Wildman–Crippen MR) is 77.6 cm³/mol. The minimum Gasteiger partial charge on any atom is -0.368 e. The van der Waals surface area contributed by atoms with Crippen LogP contribution in [0.3, 0.4) is 0 Å². The van der Waals surface area contributed by atoms with Crippen LogP contribution < -0.4 is 11.1 Å². The molecule has 0 spiro atoms. The van der Waals surface area contributed by atoms with Crippen molar-refractivity contribution in [2.75, 3.05) is 32.7 Å². The van der Waals surface area contributed by atoms with E-state index in [-0.39, 0.29) is 5.91 Å². The van der Waals surface area contributed by atoms with Gasteiger partial charge in [-0.2, -0.15) is 13.2 Å². The summed E-state index contributed by atoms with van der Waals surface area (Å²) in [5, 5.41) is 1.87. The fraction of sp³-hybridized carbons (Fsp3) is 0.857. The summed E-state index contributed by atoms with van der Waals surface area (Å²) in [5.41, 5.74) is 4.96. The fourth-order valence-corrected chi connectivity index (χ4v) is 3.48. The molecule has 132 valence electrons. The number of hydrogen-bond acceptors (Lipinski definition) is 3. The summed E-state index contributed by atoms with van der Waals surface area (Å²) in [6, 6.07) is -0.723. The zero-order valence-corrected chi connectivity index (χ0v) is 13.0. The highest BCUT2D eigenvalue weighted by Gasteiger charge is 2.44. The Morgan fingerprint density at radius 3 is 2.09 bits per heavy atom. The quantitative estimate of drug-likeness (QED) is 0.809. The second-order valence-corrected chi connectivity index (χ2v) is 6.20. The van der Waals surface area contributed by atoms with E-state index in [4.69, 9.17) is 5.73 Å². The first-order chi connectivity index (χ1) is 10.7. The first-order valence-corrected chi connectivity index (χ1v) is 7.89. The third-order valence-corrected chi connectivity index (χ3v) is 4.75. The Kier molecular flexibility index (Phi) is 5.38. The van der Waals surface area contributed by atoms with E-state index in [1.807, 2.05) is 10.2 Å². The molecule has 0 aromatic rings. The normalized spacial score (nSPS) is 22.7. The van der Waals surface area contributed by atoms with Crippen LogP contribution in [0.2, 0.25) is 0 Å². The molecule has 1 aliphatic heterocycles. The maximum atomic E-state index is 12.1. The van der Waals surface area contributed by atoms with E-state index in [0.29, 0.717) is 39.0 Å². The van der Waals surface area contributed by atoms with E-state index in [0.717, 1.165) is 19.3 Å². The first-order valence-electron chi connectivity index (χ1n) is 7.89. The smallest absolute Gasteiger partial charge is 0.368 e. The van der Waals surface area contributed by atoms with E-state index < -0.39 is 24.3 Å². The van der Waals surface area contributed by atoms with Crippen LogP contribution in [0.25, 0.3) is 0 Å². The molecule has 6 nitrogen and oxygen atoms in total. The van der Waals surface area contributed by atoms with Gasteiger partial charge < -0.3 is 16.0 Å². The fourth-order valence-electron chi connectivity index (χ4n) is 3.48. The first kappa shape index (κ1) is 17.8. The summed E-state index contributed by atoms with van der Waals surface area (Å²) < 4.78 is 36.4. The average Bonchev–Trinajstić information content (AvgIpc) is 2.52. The number of halogens is 3. The molecule has 0 unspecified atom stereocenters. The second-order valence-electron chi connectivity index (χ2n) is 6.20. The number of hydrogen-bond donors (Lipinski definition) is 2. The number of nitrogens with zero attached hydrogens (tertiary/aromatic N) is 2. The molecule has 0 radical (unpaired) electrons. The third-order valence-electron chi connectivity index (χ3n) is 4.75. The summed E-state index contributed by atoms with van der Waals surface area (Å²) in [5.74, 6) is -0.341. The third kappa shape index (κ3) is 4.27. The maximum Gasteiger partial charge on any atom is 0.405 e. The molecular weight excluding hydrogens is 313 g/mol. The van der Waals surface area contributed by atoms with Gasteiger partial charge in [0.2, 0.25) is 5.91 Å². The molecule has 0 aromatic heterocycles. The monoisotopic (exact) mass is 336 g/mol. The van der Waals surface area contributed by atoms with Crippen LogP contribution in [0.4, 0.5) is 18.0 Å². The topological polar surface area (TPSA) is 78.7 Å². The maximum absolute atomic E-state index is 12.1. The van der Waals surface area contributed by atoms with E-state index in [9.17, 15) is 22.8 Å². The van der Waals surface area contributed by atoms with Crippen molar-refractivity contribution >= 4 is 11.9 Å². The second kappa shape index (κ2) is 6.94. The van der Waals surface area contributed by atoms with Crippen LogP contribution in [0.1, 0.15) is 32.1 Å². The van der Waals surface area contributed by atoms with Crippen molar-refractivity contribution in [3.05, 3.63) is 0 Å². The molecule has 0 atom stereocenters. The van der Waals surface area contributed by atoms with Gasteiger partial charge in [-0.05, 0) is 12.8 Å². The van der Waals surface area contributed by atoms with E-state index in [2.05, 4.69) is 0 Å². The van der Waals surface area contributed by atoms with Crippen LogP contribution in [-0.4, -0.2) is 66.2 Å². The van der Waals surface area contributed by atoms with E-state index in [1.54, 1.807) is 0 Å². The highest BCUT2D eigenvalue weighted by Crippen LogP contribution is 2.34. The van der Waals surface area contributed by atoms with E-state index >= 15 is 0 Å². The van der Waals surface area contributed by atoms with Crippen molar-refractivity contribution in [1.29, 1.82) is 0 Å². The van der Waals surface area contributed by atoms with Crippen molar-refractivity contribution in [1.82, 2.24) is 15.1 Å². The van der Waals surface area contributed by atoms with Crippen LogP contribution in [0, 0.1) is 0 Å². The number of rotatable bonds is 3. The number of alkyl halides is 3. The lowest BCUT2D eigenvalue weighted by molar-refractivity contribution is -0.134. The lowest BCUT2D eigenvalue weighted by Crippen LogP contribution is -2.64. The van der Waals surface area contributed by atoms with Gasteiger partial charge in [0.15, 0.2) is 0 Å². The van der Waals surface area contributed by atoms with Crippen molar-refractivity contribution in [3.63, 3.8) is 0 Å². The Labute approximate surface area is 133 Å². The number of urea groups is 1. The van der Waals surface area contributed by atoms with Crippen LogP contribution in [0.15, 0.2) is 0 Å². The summed E-state index contributed by atoms with van der Waals surface area (Å²) in [6.45, 7) is 0.138. The molecule has 1 aliphatic carbocycles. The van der Waals surface area contributed by atoms with Crippen molar-refractivity contribution in [2.24, 2.45) is 5.73 Å². The van der Waals surface area contributed by atoms with Gasteiger partial charge in [-0.15, -0.1) is 0 Å². The van der Waals surface area contributed by atoms with Gasteiger partial charge in [0.1, 0.15) is 12.1 Å². The van der Waals surface area contributed by atoms with Gasteiger partial charge in [0, 0.05) is 26.2 Å². The number of amides is 3. The number of piperazine rings is 1. The van der Waals surface area contributed by atoms with Gasteiger partial charge in [-0.25, -0.2) is 4.79 Å². The van der Waals surface area contributed by atoms with Gasteiger partial charge in [-0.3, -0.25) is 9.69 Å². The summed E-state index contributed by atoms with van der Waals surface area (Å²) >= 11 is 0. The Hall–Kier alpha value is -1.51. The molecule has 0 aromatic carbocycles. The minimum atomic E-state index is -4.42. The number of carbonyl (C=O) groups excluding carboxylic acids is 2. The SMILES string of the molecule is NC(=O)C1(N2CCN(C(=O)NCC(F)(F)F)CC2)CCCCC1. The Balaban J connectivity index is 1.90. The number of primary amides is 1. The summed E-state index contributed by atoms with van der Waals surface area (Å²) in [4.78, 5) is 27.1. The Bertz CT molecular complexity index is 442. The highest BCUT2D eigenvalue weighted by molar-refractivity contribution is 5.85. The molecule has 23 heavy (non-hydrogen) atoms. The van der Waals surface area contributed by atoms with Crippen molar-refractivity contribution < 1.29 is 22.8 Å². The Morgan fingerprint density at radius 2 is 1.61 bits per heavy atom. The van der Waals surface area contributed by atoms with E-state index in [1.165, 1.54) is 4.90 Å². The molecule has 2 rings (SSSR count). The molecule has 1 heterocycles. The van der Waals surface area contributed by atoms with Crippen LogP contribution in [0.5, 0.6) is 0 Å². The summed E-state index contributed by atoms with van der Waals surface area (Å²) in [7, 11) is 0. The predicted octanol–water partition coefficient (Wildman–Crippen LogP) is 1.06. The van der Waals surface area contributed by atoms with Gasteiger partial charge in [-0.1, -0.05) is 19.3 Å². The molecule has 9 heteroatoms. The van der Waals surface area contributed by atoms with Crippen molar-refractivity contribution in [3.8, 4) is 0 Å². The van der Waals surface area contributed by atoms with Gasteiger partial charge in [0.05, 0.1) is 0 Å². The molecule has 3 N–H and O–H groups in total. The molecule has 0 bridgehead atoms. The standard InChI is InChI=1S/C14H23F3N4O2/c15-14(16,17)10-19-12(23)20-6-8-21(9-7-20)13(11(18)22)4-2-1-3-5-13/h1-10H2,(H2,18,22)(H,19,23). The van der Waals surface area contributed by atoms with Gasteiger partial charge in [0.25, 0.3) is 0 Å². The highest BCUT2D eigenvalue weighted by atomic mass is 19.4. The zero-order chi connectivity index (χ0) is 17.1. The number of nitrogens with two attached hydrogens (primary N) is 1. The number of carbonyl (C=O) groups is 2. The molecular formula is C14H23F3N4O2. The lowest BCUT2D eigenvalue weighted by atomic mass is 9.79. The van der Waals surface area contributed by atoms with Crippen LogP contribution in [-0.2, 0) is 4.79 Å². The zero-order valence-electron chi connectivity index (χ0n) is 13.0. The largest absolute Gasteiger partial charge is 0.405 e. The van der Waals surface area contributed by atoms with Crippen LogP contribution >= 0.6 is 0 Å². The molecule has 3 amide bonds. The minimum absolute atomic E-state index is 0.290. The van der Waals surface area contributed by atoms with Crippen molar-refractivity contribution in [2.45, 2.75) is 43.8 Å². The molecule has 2 aliphatic rings. The molecule has 1 saturated heterocycles. The number of nitrogens with one attached hydrogen (secondary N) is 1. The summed E-state index contributed by atoms with van der Waals surface area (Å²) in [6.07, 6.45) is -0.0416. The lowest BCUT2D eigenvalue weighted by Gasteiger charge is -2.47. The molecule has 2 fully saturated rings. The average molecular weight is 336 g/mol. The molecule has 1 saturated carbocycles.